The Balaban J connectivity index is 3.46. The highest BCUT2D eigenvalue weighted by molar-refractivity contribution is 9.11. The lowest BCUT2D eigenvalue weighted by atomic mass is 10.2. The molecule has 0 aliphatic rings. The summed E-state index contributed by atoms with van der Waals surface area (Å²) in [5.41, 5.74) is 0.986. The van der Waals surface area contributed by atoms with Gasteiger partial charge < -0.3 is 0 Å². The van der Waals surface area contributed by atoms with Crippen LogP contribution in [-0.2, 0) is 10.0 Å². The number of sulfonamides is 1. The van der Waals surface area contributed by atoms with Crippen molar-refractivity contribution in [1.82, 2.24) is 4.31 Å². The van der Waals surface area contributed by atoms with Gasteiger partial charge in [0, 0.05) is 23.0 Å². The van der Waals surface area contributed by atoms with Gasteiger partial charge in [-0.2, -0.15) is 0 Å². The molecule has 0 atom stereocenters. The lowest BCUT2D eigenvalue weighted by molar-refractivity contribution is 0.520. The monoisotopic (exact) mass is 355 g/mol. The van der Waals surface area contributed by atoms with Gasteiger partial charge in [0.15, 0.2) is 0 Å². The van der Waals surface area contributed by atoms with Crippen LogP contribution in [0.4, 0.5) is 0 Å². The molecule has 3 nitrogen and oxygen atoms in total. The quantitative estimate of drug-likeness (QED) is 0.817. The molecule has 1 rings (SSSR count). The number of aryl methyl sites for hydroxylation is 1. The highest BCUT2D eigenvalue weighted by Crippen LogP contribution is 2.29. The van der Waals surface area contributed by atoms with Crippen molar-refractivity contribution >= 4 is 41.9 Å². The highest BCUT2D eigenvalue weighted by Gasteiger charge is 2.21. The van der Waals surface area contributed by atoms with E-state index in [0.29, 0.717) is 4.47 Å². The van der Waals surface area contributed by atoms with Gasteiger partial charge in [-0.15, -0.1) is 0 Å². The number of nitrogens with zero attached hydrogens (tertiary/aromatic N) is 1. The average molecular weight is 357 g/mol. The van der Waals surface area contributed by atoms with Crippen molar-refractivity contribution in [3.05, 3.63) is 26.6 Å². The van der Waals surface area contributed by atoms with Gasteiger partial charge in [-0.05, 0) is 40.5 Å². The van der Waals surface area contributed by atoms with Crippen molar-refractivity contribution in [1.29, 1.82) is 0 Å². The maximum absolute atomic E-state index is 11.9. The minimum Gasteiger partial charge on any atom is -0.207 e. The molecule has 0 spiro atoms. The summed E-state index contributed by atoms with van der Waals surface area (Å²) in [6.45, 7) is 1.90. The van der Waals surface area contributed by atoms with Crippen LogP contribution in [0.3, 0.4) is 0 Å². The molecule has 15 heavy (non-hydrogen) atoms. The van der Waals surface area contributed by atoms with Crippen molar-refractivity contribution < 1.29 is 8.42 Å². The summed E-state index contributed by atoms with van der Waals surface area (Å²) in [5, 5.41) is 0. The van der Waals surface area contributed by atoms with E-state index in [1.165, 1.54) is 18.4 Å². The fourth-order valence-electron chi connectivity index (χ4n) is 1.02. The molecule has 0 aliphatic heterocycles. The van der Waals surface area contributed by atoms with Gasteiger partial charge in [0.05, 0.1) is 4.90 Å². The zero-order valence-electron chi connectivity index (χ0n) is 8.58. The van der Waals surface area contributed by atoms with Gasteiger partial charge in [-0.1, -0.05) is 15.9 Å². The Bertz CT molecular complexity index is 483. The van der Waals surface area contributed by atoms with Gasteiger partial charge in [-0.3, -0.25) is 0 Å². The Labute approximate surface area is 107 Å². The van der Waals surface area contributed by atoms with Crippen molar-refractivity contribution in [2.24, 2.45) is 0 Å². The van der Waals surface area contributed by atoms with Gasteiger partial charge in [0.2, 0.25) is 10.0 Å². The third kappa shape index (κ3) is 2.61. The van der Waals surface area contributed by atoms with Crippen LogP contribution < -0.4 is 0 Å². The summed E-state index contributed by atoms with van der Waals surface area (Å²) in [7, 11) is -0.371. The van der Waals surface area contributed by atoms with Gasteiger partial charge in [0.1, 0.15) is 0 Å². The zero-order valence-corrected chi connectivity index (χ0v) is 12.6. The molecule has 0 aromatic heterocycles. The van der Waals surface area contributed by atoms with E-state index in [9.17, 15) is 8.42 Å². The summed E-state index contributed by atoms with van der Waals surface area (Å²) in [5.74, 6) is 0. The van der Waals surface area contributed by atoms with E-state index >= 15 is 0 Å². The third-order valence-electron chi connectivity index (χ3n) is 1.97. The van der Waals surface area contributed by atoms with Crippen LogP contribution in [0, 0.1) is 6.92 Å². The Morgan fingerprint density at radius 3 is 2.13 bits per heavy atom. The van der Waals surface area contributed by atoms with E-state index in [1.807, 2.05) is 6.92 Å². The predicted octanol–water partition coefficient (Wildman–Crippen LogP) is 2.77. The Morgan fingerprint density at radius 2 is 1.67 bits per heavy atom. The largest absolute Gasteiger partial charge is 0.243 e. The smallest absolute Gasteiger partial charge is 0.207 e. The standard InChI is InChI=1S/C9H11Br2NO2S/c1-6-4-8(11)9(5-7(6)10)15(13,14)12(2)3/h4-5H,1-3H3. The van der Waals surface area contributed by atoms with Crippen LogP contribution in [0.5, 0.6) is 0 Å². The molecule has 84 valence electrons. The van der Waals surface area contributed by atoms with E-state index < -0.39 is 10.0 Å². The number of hydrogen-bond acceptors (Lipinski definition) is 2. The number of hydrogen-bond donors (Lipinski definition) is 0. The Kier molecular flexibility index (Phi) is 3.97. The number of halogens is 2. The first kappa shape index (κ1) is 13.2. The van der Waals surface area contributed by atoms with Crippen molar-refractivity contribution in [3.8, 4) is 0 Å². The fourth-order valence-corrected chi connectivity index (χ4v) is 3.55. The summed E-state index contributed by atoms with van der Waals surface area (Å²) >= 11 is 6.58. The topological polar surface area (TPSA) is 37.4 Å². The SMILES string of the molecule is Cc1cc(Br)c(S(=O)(=O)N(C)C)cc1Br. The molecule has 0 saturated carbocycles. The first-order chi connectivity index (χ1) is 6.76. The molecule has 0 radical (unpaired) electrons. The maximum Gasteiger partial charge on any atom is 0.243 e. The molecular weight excluding hydrogens is 346 g/mol. The van der Waals surface area contributed by atoms with Crippen LogP contribution in [0.1, 0.15) is 5.56 Å². The lowest BCUT2D eigenvalue weighted by Crippen LogP contribution is -2.22. The summed E-state index contributed by atoms with van der Waals surface area (Å²) < 4.78 is 26.3. The molecule has 6 heteroatoms. The molecule has 0 heterocycles. The normalized spacial score (nSPS) is 12.1. The summed E-state index contributed by atoms with van der Waals surface area (Å²) in [6, 6.07) is 3.38. The molecule has 0 bridgehead atoms. The molecular formula is C9H11Br2NO2S. The van der Waals surface area contributed by atoms with Crippen molar-refractivity contribution in [2.45, 2.75) is 11.8 Å². The van der Waals surface area contributed by atoms with Crippen LogP contribution in [0.25, 0.3) is 0 Å². The van der Waals surface area contributed by atoms with Gasteiger partial charge in [0.25, 0.3) is 0 Å². The number of benzene rings is 1. The molecule has 1 aromatic carbocycles. The van der Waals surface area contributed by atoms with E-state index in [0.717, 1.165) is 10.0 Å². The molecule has 0 N–H and O–H groups in total. The van der Waals surface area contributed by atoms with E-state index in [4.69, 9.17) is 0 Å². The van der Waals surface area contributed by atoms with Crippen LogP contribution in [-0.4, -0.2) is 26.8 Å². The predicted molar refractivity (Wildman–Crippen MR) is 67.5 cm³/mol. The maximum atomic E-state index is 11.9. The van der Waals surface area contributed by atoms with Gasteiger partial charge in [-0.25, -0.2) is 12.7 Å². The highest BCUT2D eigenvalue weighted by atomic mass is 79.9. The fraction of sp³-hybridized carbons (Fsp3) is 0.333. The first-order valence-electron chi connectivity index (χ1n) is 4.15. The molecule has 1 aromatic rings. The third-order valence-corrected chi connectivity index (χ3v) is 5.60. The summed E-state index contributed by atoms with van der Waals surface area (Å²) in [4.78, 5) is 0.268. The second-order valence-corrected chi connectivity index (χ2v) is 7.15. The van der Waals surface area contributed by atoms with Crippen molar-refractivity contribution in [3.63, 3.8) is 0 Å². The summed E-state index contributed by atoms with van der Waals surface area (Å²) in [6.07, 6.45) is 0. The van der Waals surface area contributed by atoms with E-state index in [2.05, 4.69) is 31.9 Å². The Morgan fingerprint density at radius 1 is 1.13 bits per heavy atom. The molecule has 0 aliphatic carbocycles. The second-order valence-electron chi connectivity index (χ2n) is 3.32. The van der Waals surface area contributed by atoms with Crippen LogP contribution >= 0.6 is 31.9 Å². The zero-order chi connectivity index (χ0) is 11.8. The molecule has 0 saturated heterocycles. The molecule has 0 amide bonds. The molecule has 0 unspecified atom stereocenters. The number of rotatable bonds is 2. The van der Waals surface area contributed by atoms with Crippen molar-refractivity contribution in [2.75, 3.05) is 14.1 Å². The van der Waals surface area contributed by atoms with Gasteiger partial charge >= 0.3 is 0 Å². The van der Waals surface area contributed by atoms with Crippen LogP contribution in [0.15, 0.2) is 26.0 Å². The average Bonchev–Trinajstić information content (AvgIpc) is 2.10. The van der Waals surface area contributed by atoms with E-state index in [1.54, 1.807) is 12.1 Å². The minimum atomic E-state index is -3.39. The van der Waals surface area contributed by atoms with E-state index in [-0.39, 0.29) is 4.90 Å². The first-order valence-corrected chi connectivity index (χ1v) is 7.17. The van der Waals surface area contributed by atoms with Crippen LogP contribution in [0.2, 0.25) is 0 Å². The lowest BCUT2D eigenvalue weighted by Gasteiger charge is -2.13. The minimum absolute atomic E-state index is 0.268. The molecule has 0 fully saturated rings. The Hall–Kier alpha value is 0.0900. The second kappa shape index (κ2) is 4.53.